The Hall–Kier alpha value is -3.00. The second-order valence-electron chi connectivity index (χ2n) is 5.77. The summed E-state index contributed by atoms with van der Waals surface area (Å²) in [7, 11) is 0. The SMILES string of the molecule is Nc1cc2[nH]c3ccc4ccccc4c3c2c2ccccc12. The number of H-pyrrole nitrogens is 1. The minimum absolute atomic E-state index is 0.818. The molecule has 2 heteroatoms. The summed E-state index contributed by atoms with van der Waals surface area (Å²) in [5.74, 6) is 0. The molecular formula is C20H14N2. The number of aromatic amines is 1. The molecule has 22 heavy (non-hydrogen) atoms. The Balaban J connectivity index is 2.18. The molecule has 0 aliphatic heterocycles. The topological polar surface area (TPSA) is 41.8 Å². The van der Waals surface area contributed by atoms with Crippen molar-refractivity contribution in [1.82, 2.24) is 4.98 Å². The molecule has 5 aromatic rings. The van der Waals surface area contributed by atoms with Crippen molar-refractivity contribution in [3.63, 3.8) is 0 Å². The Morgan fingerprint density at radius 3 is 2.18 bits per heavy atom. The quantitative estimate of drug-likeness (QED) is 0.376. The number of anilines is 1. The predicted molar refractivity (Wildman–Crippen MR) is 95.2 cm³/mol. The Morgan fingerprint density at radius 1 is 0.636 bits per heavy atom. The van der Waals surface area contributed by atoms with E-state index in [0.717, 1.165) is 22.1 Å². The van der Waals surface area contributed by atoms with E-state index >= 15 is 0 Å². The van der Waals surface area contributed by atoms with Crippen LogP contribution in [0.3, 0.4) is 0 Å². The Labute approximate surface area is 127 Å². The molecule has 0 radical (unpaired) electrons. The molecule has 3 N–H and O–H groups in total. The number of hydrogen-bond donors (Lipinski definition) is 2. The second kappa shape index (κ2) is 4.01. The molecule has 0 spiro atoms. The number of benzene rings is 4. The zero-order valence-electron chi connectivity index (χ0n) is 11.9. The molecule has 0 unspecified atom stereocenters. The minimum atomic E-state index is 0.818. The van der Waals surface area contributed by atoms with Gasteiger partial charge in [0.15, 0.2) is 0 Å². The third kappa shape index (κ3) is 1.39. The lowest BCUT2D eigenvalue weighted by Gasteiger charge is -2.05. The molecule has 0 aliphatic carbocycles. The van der Waals surface area contributed by atoms with Crippen molar-refractivity contribution < 1.29 is 0 Å². The Morgan fingerprint density at radius 2 is 1.32 bits per heavy atom. The summed E-state index contributed by atoms with van der Waals surface area (Å²) in [5.41, 5.74) is 9.31. The highest BCUT2D eigenvalue weighted by molar-refractivity contribution is 6.28. The molecule has 5 rings (SSSR count). The van der Waals surface area contributed by atoms with Crippen molar-refractivity contribution in [1.29, 1.82) is 0 Å². The van der Waals surface area contributed by atoms with E-state index in [9.17, 15) is 0 Å². The minimum Gasteiger partial charge on any atom is -0.398 e. The number of fused-ring (bicyclic) bond motifs is 7. The number of nitrogens with one attached hydrogen (secondary N) is 1. The summed E-state index contributed by atoms with van der Waals surface area (Å²) in [6, 6.07) is 23.3. The van der Waals surface area contributed by atoms with Gasteiger partial charge < -0.3 is 10.7 Å². The van der Waals surface area contributed by atoms with Gasteiger partial charge in [0.05, 0.1) is 0 Å². The zero-order chi connectivity index (χ0) is 14.7. The summed E-state index contributed by atoms with van der Waals surface area (Å²) in [4.78, 5) is 3.52. The van der Waals surface area contributed by atoms with Crippen molar-refractivity contribution in [2.45, 2.75) is 0 Å². The molecule has 0 atom stereocenters. The van der Waals surface area contributed by atoms with Gasteiger partial charge in [0.1, 0.15) is 0 Å². The lowest BCUT2D eigenvalue weighted by Crippen LogP contribution is -1.87. The average molecular weight is 282 g/mol. The maximum absolute atomic E-state index is 6.24. The molecule has 0 fully saturated rings. The van der Waals surface area contributed by atoms with Crippen LogP contribution in [0, 0.1) is 0 Å². The van der Waals surface area contributed by atoms with Crippen LogP contribution in [0.2, 0.25) is 0 Å². The van der Waals surface area contributed by atoms with Gasteiger partial charge in [0.2, 0.25) is 0 Å². The number of hydrogen-bond acceptors (Lipinski definition) is 1. The highest BCUT2D eigenvalue weighted by atomic mass is 14.7. The van der Waals surface area contributed by atoms with Crippen molar-refractivity contribution in [2.24, 2.45) is 0 Å². The number of nitrogens with two attached hydrogens (primary N) is 1. The first-order valence-corrected chi connectivity index (χ1v) is 7.43. The van der Waals surface area contributed by atoms with Crippen LogP contribution in [0.1, 0.15) is 0 Å². The summed E-state index contributed by atoms with van der Waals surface area (Å²) < 4.78 is 0. The Bertz CT molecular complexity index is 1180. The lowest BCUT2D eigenvalue weighted by atomic mass is 9.99. The molecule has 4 aromatic carbocycles. The standard InChI is InChI=1S/C20H14N2/c21-16-11-18-20(15-8-4-3-7-14(15)16)19-13-6-2-1-5-12(13)9-10-17(19)22-18/h1-11,22H,21H2. The number of nitrogen functional groups attached to an aromatic ring is 1. The Kier molecular flexibility index (Phi) is 2.12. The van der Waals surface area contributed by atoms with Crippen LogP contribution < -0.4 is 5.73 Å². The molecule has 0 amide bonds. The summed E-state index contributed by atoms with van der Waals surface area (Å²) >= 11 is 0. The summed E-state index contributed by atoms with van der Waals surface area (Å²) in [6.45, 7) is 0. The lowest BCUT2D eigenvalue weighted by molar-refractivity contribution is 1.55. The first-order valence-electron chi connectivity index (χ1n) is 7.43. The molecule has 0 saturated carbocycles. The van der Waals surface area contributed by atoms with E-state index in [1.807, 2.05) is 12.1 Å². The van der Waals surface area contributed by atoms with E-state index in [4.69, 9.17) is 5.73 Å². The fourth-order valence-electron chi connectivity index (χ4n) is 3.56. The van der Waals surface area contributed by atoms with Crippen molar-refractivity contribution in [3.05, 3.63) is 66.7 Å². The average Bonchev–Trinajstić information content (AvgIpc) is 2.94. The van der Waals surface area contributed by atoms with Crippen LogP contribution in [-0.2, 0) is 0 Å². The highest BCUT2D eigenvalue weighted by Gasteiger charge is 2.12. The van der Waals surface area contributed by atoms with Crippen LogP contribution >= 0.6 is 0 Å². The van der Waals surface area contributed by atoms with Gasteiger partial charge in [-0.1, -0.05) is 54.6 Å². The molecule has 0 aliphatic rings. The molecule has 1 heterocycles. The fourth-order valence-corrected chi connectivity index (χ4v) is 3.56. The summed E-state index contributed by atoms with van der Waals surface area (Å²) in [5, 5.41) is 7.41. The van der Waals surface area contributed by atoms with Crippen molar-refractivity contribution in [3.8, 4) is 0 Å². The van der Waals surface area contributed by atoms with E-state index in [-0.39, 0.29) is 0 Å². The van der Waals surface area contributed by atoms with Crippen molar-refractivity contribution >= 4 is 49.0 Å². The molecule has 104 valence electrons. The monoisotopic (exact) mass is 282 g/mol. The first-order chi connectivity index (χ1) is 10.8. The fraction of sp³-hybridized carbons (Fsp3) is 0. The third-order valence-electron chi connectivity index (χ3n) is 4.52. The van der Waals surface area contributed by atoms with E-state index in [0.29, 0.717) is 0 Å². The largest absolute Gasteiger partial charge is 0.398 e. The molecular weight excluding hydrogens is 268 g/mol. The predicted octanol–water partition coefficient (Wildman–Crippen LogP) is 5.21. The molecule has 1 aromatic heterocycles. The van der Waals surface area contributed by atoms with Gasteiger partial charge in [-0.05, 0) is 28.3 Å². The maximum Gasteiger partial charge on any atom is 0.0492 e. The first kappa shape index (κ1) is 11.6. The van der Waals surface area contributed by atoms with Crippen LogP contribution in [0.5, 0.6) is 0 Å². The van der Waals surface area contributed by atoms with Gasteiger partial charge in [-0.3, -0.25) is 0 Å². The highest BCUT2D eigenvalue weighted by Crippen LogP contribution is 2.38. The van der Waals surface area contributed by atoms with E-state index < -0.39 is 0 Å². The van der Waals surface area contributed by atoms with Gasteiger partial charge >= 0.3 is 0 Å². The molecule has 0 bridgehead atoms. The van der Waals surface area contributed by atoms with Crippen molar-refractivity contribution in [2.75, 3.05) is 5.73 Å². The van der Waals surface area contributed by atoms with Gasteiger partial charge in [0, 0.05) is 32.9 Å². The van der Waals surface area contributed by atoms with Gasteiger partial charge in [-0.25, -0.2) is 0 Å². The van der Waals surface area contributed by atoms with Gasteiger partial charge in [-0.15, -0.1) is 0 Å². The zero-order valence-corrected chi connectivity index (χ0v) is 11.9. The van der Waals surface area contributed by atoms with E-state index in [1.54, 1.807) is 0 Å². The van der Waals surface area contributed by atoms with Crippen LogP contribution in [0.15, 0.2) is 66.7 Å². The second-order valence-corrected chi connectivity index (χ2v) is 5.77. The van der Waals surface area contributed by atoms with Gasteiger partial charge in [-0.2, -0.15) is 0 Å². The summed E-state index contributed by atoms with van der Waals surface area (Å²) in [6.07, 6.45) is 0. The number of aromatic nitrogens is 1. The van der Waals surface area contributed by atoms with Gasteiger partial charge in [0.25, 0.3) is 0 Å². The normalized spacial score (nSPS) is 11.8. The maximum atomic E-state index is 6.24. The van der Waals surface area contributed by atoms with Crippen LogP contribution in [0.4, 0.5) is 5.69 Å². The van der Waals surface area contributed by atoms with Crippen LogP contribution in [-0.4, -0.2) is 4.98 Å². The smallest absolute Gasteiger partial charge is 0.0492 e. The van der Waals surface area contributed by atoms with E-state index in [1.165, 1.54) is 26.9 Å². The molecule has 2 nitrogen and oxygen atoms in total. The van der Waals surface area contributed by atoms with Crippen LogP contribution in [0.25, 0.3) is 43.4 Å². The van der Waals surface area contributed by atoms with E-state index in [2.05, 4.69) is 59.6 Å². The molecule has 0 saturated heterocycles. The third-order valence-corrected chi connectivity index (χ3v) is 4.52. The number of rotatable bonds is 0.